The summed E-state index contributed by atoms with van der Waals surface area (Å²) in [5, 5.41) is 0. The van der Waals surface area contributed by atoms with Crippen molar-refractivity contribution in [1.82, 2.24) is 9.80 Å². The Labute approximate surface area is 143 Å². The molecule has 2 heterocycles. The number of rotatable bonds is 1. The predicted molar refractivity (Wildman–Crippen MR) is 89.5 cm³/mol. The summed E-state index contributed by atoms with van der Waals surface area (Å²) < 4.78 is 11.3. The molecule has 6 nitrogen and oxygen atoms in total. The van der Waals surface area contributed by atoms with E-state index in [9.17, 15) is 9.59 Å². The first-order valence-electron chi connectivity index (χ1n) is 8.90. The molecule has 3 atom stereocenters. The van der Waals surface area contributed by atoms with Crippen LogP contribution in [0.4, 0.5) is 4.79 Å². The highest BCUT2D eigenvalue weighted by Gasteiger charge is 2.45. The van der Waals surface area contributed by atoms with Gasteiger partial charge in [0.2, 0.25) is 5.91 Å². The summed E-state index contributed by atoms with van der Waals surface area (Å²) in [7, 11) is 0. The van der Waals surface area contributed by atoms with Gasteiger partial charge in [-0.3, -0.25) is 4.79 Å². The van der Waals surface area contributed by atoms with Crippen LogP contribution in [0.2, 0.25) is 0 Å². The van der Waals surface area contributed by atoms with Gasteiger partial charge in [-0.2, -0.15) is 0 Å². The fourth-order valence-electron chi connectivity index (χ4n) is 3.69. The lowest BCUT2D eigenvalue weighted by molar-refractivity contribution is -0.147. The maximum absolute atomic E-state index is 12.9. The lowest BCUT2D eigenvalue weighted by atomic mass is 9.92. The van der Waals surface area contributed by atoms with Gasteiger partial charge in [0.05, 0.1) is 25.3 Å². The van der Waals surface area contributed by atoms with Gasteiger partial charge in [0.15, 0.2) is 0 Å². The van der Waals surface area contributed by atoms with Crippen molar-refractivity contribution in [1.29, 1.82) is 0 Å². The van der Waals surface area contributed by atoms with E-state index in [0.29, 0.717) is 26.2 Å². The molecule has 0 aromatic heterocycles. The largest absolute Gasteiger partial charge is 0.444 e. The van der Waals surface area contributed by atoms with Gasteiger partial charge in [-0.05, 0) is 40.0 Å². The van der Waals surface area contributed by atoms with Crippen molar-refractivity contribution in [3.63, 3.8) is 0 Å². The summed E-state index contributed by atoms with van der Waals surface area (Å²) >= 11 is 0. The normalized spacial score (nSPS) is 30.2. The Morgan fingerprint density at radius 1 is 1.21 bits per heavy atom. The van der Waals surface area contributed by atoms with Crippen molar-refractivity contribution in [3.8, 4) is 0 Å². The Bertz CT molecular complexity index is 526. The molecule has 2 fully saturated rings. The summed E-state index contributed by atoms with van der Waals surface area (Å²) in [6.45, 7) is 7.71. The average molecular weight is 336 g/mol. The van der Waals surface area contributed by atoms with E-state index in [-0.39, 0.29) is 30.1 Å². The minimum atomic E-state index is -0.518. The second kappa shape index (κ2) is 6.75. The number of likely N-dealkylation sites (tertiary alicyclic amines) is 1. The van der Waals surface area contributed by atoms with E-state index in [1.165, 1.54) is 0 Å². The second-order valence-electron chi connectivity index (χ2n) is 7.87. The molecule has 3 aliphatic rings. The maximum Gasteiger partial charge on any atom is 0.410 e. The molecule has 0 aromatic carbocycles. The average Bonchev–Trinajstić information content (AvgIpc) is 2.97. The second-order valence-corrected chi connectivity index (χ2v) is 7.87. The highest BCUT2D eigenvalue weighted by atomic mass is 16.6. The van der Waals surface area contributed by atoms with Crippen LogP contribution in [0.15, 0.2) is 12.2 Å². The molecule has 2 saturated heterocycles. The number of amides is 2. The number of carbonyl (C=O) groups is 2. The van der Waals surface area contributed by atoms with E-state index in [4.69, 9.17) is 9.47 Å². The topological polar surface area (TPSA) is 59.1 Å². The summed E-state index contributed by atoms with van der Waals surface area (Å²) in [4.78, 5) is 28.8. The monoisotopic (exact) mass is 336 g/mol. The molecular weight excluding hydrogens is 308 g/mol. The molecule has 0 aromatic rings. The van der Waals surface area contributed by atoms with Crippen LogP contribution in [0, 0.1) is 5.92 Å². The molecule has 1 aliphatic carbocycles. The van der Waals surface area contributed by atoms with Crippen LogP contribution < -0.4 is 0 Å². The molecule has 0 unspecified atom stereocenters. The van der Waals surface area contributed by atoms with Crippen LogP contribution in [0.3, 0.4) is 0 Å². The molecule has 0 bridgehead atoms. The van der Waals surface area contributed by atoms with Gasteiger partial charge in [-0.15, -0.1) is 0 Å². The molecule has 3 rings (SSSR count). The lowest BCUT2D eigenvalue weighted by Crippen LogP contribution is -2.55. The molecule has 0 radical (unpaired) electrons. The minimum absolute atomic E-state index is 0.0512. The van der Waals surface area contributed by atoms with Crippen LogP contribution in [0.25, 0.3) is 0 Å². The third-order valence-corrected chi connectivity index (χ3v) is 4.85. The Morgan fingerprint density at radius 2 is 2.00 bits per heavy atom. The molecule has 2 amide bonds. The maximum atomic E-state index is 12.9. The van der Waals surface area contributed by atoms with Crippen molar-refractivity contribution in [2.45, 2.75) is 57.8 Å². The molecule has 0 spiro atoms. The predicted octanol–water partition coefficient (Wildman–Crippen LogP) is 2.19. The number of morpholine rings is 1. The summed E-state index contributed by atoms with van der Waals surface area (Å²) in [6, 6.07) is -0.0512. The SMILES string of the molecule is CC(C)(C)OC(=O)N1C[C@@H]2OCCN(C(=O)[C@H]3CC=CCC3)[C@@H]2C1. The Morgan fingerprint density at radius 3 is 2.67 bits per heavy atom. The van der Waals surface area contributed by atoms with Gasteiger partial charge >= 0.3 is 6.09 Å². The smallest absolute Gasteiger partial charge is 0.410 e. The van der Waals surface area contributed by atoms with E-state index in [1.807, 2.05) is 25.7 Å². The first-order chi connectivity index (χ1) is 11.3. The van der Waals surface area contributed by atoms with E-state index >= 15 is 0 Å². The molecule has 134 valence electrons. The number of allylic oxidation sites excluding steroid dienone is 2. The molecule has 24 heavy (non-hydrogen) atoms. The summed E-state index contributed by atoms with van der Waals surface area (Å²) in [6.07, 6.45) is 6.53. The fourth-order valence-corrected chi connectivity index (χ4v) is 3.69. The highest BCUT2D eigenvalue weighted by molar-refractivity contribution is 5.80. The quantitative estimate of drug-likeness (QED) is 0.689. The van der Waals surface area contributed by atoms with E-state index in [1.54, 1.807) is 4.90 Å². The number of carbonyl (C=O) groups excluding carboxylic acids is 2. The zero-order valence-corrected chi connectivity index (χ0v) is 14.9. The molecular formula is C18H28N2O4. The van der Waals surface area contributed by atoms with Crippen molar-refractivity contribution < 1.29 is 19.1 Å². The third-order valence-electron chi connectivity index (χ3n) is 4.85. The number of fused-ring (bicyclic) bond motifs is 1. The molecule has 0 saturated carbocycles. The van der Waals surface area contributed by atoms with Crippen LogP contribution in [-0.4, -0.2) is 65.8 Å². The first kappa shape index (κ1) is 17.3. The summed E-state index contributed by atoms with van der Waals surface area (Å²) in [5.74, 6) is 0.285. The zero-order chi connectivity index (χ0) is 17.3. The third kappa shape index (κ3) is 3.74. The highest BCUT2D eigenvalue weighted by Crippen LogP contribution is 2.28. The van der Waals surface area contributed by atoms with Crippen molar-refractivity contribution >= 4 is 12.0 Å². The van der Waals surface area contributed by atoms with Gasteiger partial charge in [0.25, 0.3) is 0 Å². The van der Waals surface area contributed by atoms with Crippen LogP contribution >= 0.6 is 0 Å². The van der Waals surface area contributed by atoms with Crippen molar-refractivity contribution in [2.24, 2.45) is 5.92 Å². The minimum Gasteiger partial charge on any atom is -0.444 e. The number of ether oxygens (including phenoxy) is 2. The zero-order valence-electron chi connectivity index (χ0n) is 14.9. The Kier molecular flexibility index (Phi) is 4.85. The van der Waals surface area contributed by atoms with Crippen LogP contribution in [-0.2, 0) is 14.3 Å². The number of nitrogens with zero attached hydrogens (tertiary/aromatic N) is 2. The van der Waals surface area contributed by atoms with Gasteiger partial charge in [0, 0.05) is 19.0 Å². The van der Waals surface area contributed by atoms with Gasteiger partial charge < -0.3 is 19.3 Å². The Hall–Kier alpha value is -1.56. The first-order valence-corrected chi connectivity index (χ1v) is 8.90. The number of hydrogen-bond acceptors (Lipinski definition) is 4. The summed E-state index contributed by atoms with van der Waals surface area (Å²) in [5.41, 5.74) is -0.518. The van der Waals surface area contributed by atoms with Crippen molar-refractivity contribution in [3.05, 3.63) is 12.2 Å². The van der Waals surface area contributed by atoms with Gasteiger partial charge in [-0.1, -0.05) is 12.2 Å². The van der Waals surface area contributed by atoms with E-state index in [2.05, 4.69) is 12.2 Å². The van der Waals surface area contributed by atoms with Gasteiger partial charge in [0.1, 0.15) is 5.60 Å². The van der Waals surface area contributed by atoms with E-state index < -0.39 is 5.60 Å². The lowest BCUT2D eigenvalue weighted by Gasteiger charge is -2.38. The molecule has 0 N–H and O–H groups in total. The fraction of sp³-hybridized carbons (Fsp3) is 0.778. The molecule has 6 heteroatoms. The molecule has 2 aliphatic heterocycles. The van der Waals surface area contributed by atoms with Crippen LogP contribution in [0.1, 0.15) is 40.0 Å². The number of hydrogen-bond donors (Lipinski definition) is 0. The van der Waals surface area contributed by atoms with Gasteiger partial charge in [-0.25, -0.2) is 4.79 Å². The van der Waals surface area contributed by atoms with E-state index in [0.717, 1.165) is 19.3 Å². The Balaban J connectivity index is 1.66. The van der Waals surface area contributed by atoms with Crippen LogP contribution in [0.5, 0.6) is 0 Å². The standard InChI is InChI=1S/C18H28N2O4/c1-18(2,3)24-17(22)19-11-14-15(12-19)23-10-9-20(14)16(21)13-7-5-4-6-8-13/h4-5,13-15H,6-12H2,1-3H3/t13-,14+,15-/m0/s1. The van der Waals surface area contributed by atoms with Crippen molar-refractivity contribution in [2.75, 3.05) is 26.2 Å².